The Hall–Kier alpha value is -0.370. The van der Waals surface area contributed by atoms with Crippen LogP contribution in [0.2, 0.25) is 0 Å². The van der Waals surface area contributed by atoms with Crippen molar-refractivity contribution in [2.75, 3.05) is 7.05 Å². The minimum atomic E-state index is -0.314. The van der Waals surface area contributed by atoms with Crippen LogP contribution in [0.1, 0.15) is 33.1 Å². The van der Waals surface area contributed by atoms with Gasteiger partial charge < -0.3 is 5.32 Å². The first-order chi connectivity index (χ1) is 5.08. The lowest BCUT2D eigenvalue weighted by Crippen LogP contribution is -2.49. The van der Waals surface area contributed by atoms with Crippen molar-refractivity contribution in [1.29, 1.82) is 0 Å². The minimum absolute atomic E-state index is 0.314. The second kappa shape index (κ2) is 2.94. The van der Waals surface area contributed by atoms with Gasteiger partial charge in [-0.3, -0.25) is 4.79 Å². The summed E-state index contributed by atoms with van der Waals surface area (Å²) < 4.78 is 0. The third-order valence-electron chi connectivity index (χ3n) is 2.72. The Labute approximate surface area is 68.4 Å². The van der Waals surface area contributed by atoms with Crippen molar-refractivity contribution < 1.29 is 4.79 Å². The number of nitrogens with one attached hydrogen (secondary N) is 1. The molecule has 0 unspecified atom stereocenters. The molecule has 0 spiro atoms. The van der Waals surface area contributed by atoms with Gasteiger partial charge in [-0.2, -0.15) is 0 Å². The van der Waals surface area contributed by atoms with Crippen molar-refractivity contribution >= 4 is 5.78 Å². The number of carbonyl (C=O) groups is 1. The molecule has 1 aliphatic rings. The molecule has 1 fully saturated rings. The summed E-state index contributed by atoms with van der Waals surface area (Å²) in [7, 11) is 1.84. The largest absolute Gasteiger partial charge is 0.308 e. The fourth-order valence-electron chi connectivity index (χ4n) is 1.30. The lowest BCUT2D eigenvalue weighted by Gasteiger charge is -2.32. The first-order valence-corrected chi connectivity index (χ1v) is 4.31. The van der Waals surface area contributed by atoms with E-state index in [0.29, 0.717) is 11.7 Å². The smallest absolute Gasteiger partial charge is 0.155 e. The van der Waals surface area contributed by atoms with Crippen LogP contribution in [-0.4, -0.2) is 18.4 Å². The average Bonchev–Trinajstić information content (AvgIpc) is 1.84. The van der Waals surface area contributed by atoms with Crippen LogP contribution in [0.25, 0.3) is 0 Å². The third kappa shape index (κ3) is 1.62. The van der Waals surface area contributed by atoms with E-state index in [4.69, 9.17) is 0 Å². The van der Waals surface area contributed by atoms with Gasteiger partial charge in [0.25, 0.3) is 0 Å². The van der Waals surface area contributed by atoms with Crippen molar-refractivity contribution in [3.05, 3.63) is 0 Å². The van der Waals surface area contributed by atoms with Gasteiger partial charge in [-0.05, 0) is 33.7 Å². The molecule has 0 amide bonds. The molecule has 2 heteroatoms. The summed E-state index contributed by atoms with van der Waals surface area (Å²) in [4.78, 5) is 11.6. The van der Waals surface area contributed by atoms with Gasteiger partial charge in [0.15, 0.2) is 5.78 Å². The molecule has 0 atom stereocenters. The van der Waals surface area contributed by atoms with Crippen LogP contribution in [0.15, 0.2) is 0 Å². The molecule has 2 nitrogen and oxygen atoms in total. The third-order valence-corrected chi connectivity index (χ3v) is 2.72. The van der Waals surface area contributed by atoms with Gasteiger partial charge in [-0.25, -0.2) is 0 Å². The van der Waals surface area contributed by atoms with Gasteiger partial charge in [-0.15, -0.1) is 0 Å². The molecule has 0 aromatic rings. The molecule has 0 radical (unpaired) electrons. The Morgan fingerprint density at radius 2 is 2.00 bits per heavy atom. The second-order valence-corrected chi connectivity index (χ2v) is 3.87. The molecule has 0 aliphatic heterocycles. The van der Waals surface area contributed by atoms with E-state index in [9.17, 15) is 4.79 Å². The highest BCUT2D eigenvalue weighted by molar-refractivity contribution is 5.90. The predicted octanol–water partition coefficient (Wildman–Crippen LogP) is 1.35. The van der Waals surface area contributed by atoms with Crippen molar-refractivity contribution in [2.24, 2.45) is 5.92 Å². The van der Waals surface area contributed by atoms with E-state index in [2.05, 4.69) is 5.32 Å². The number of rotatable bonds is 3. The maximum absolute atomic E-state index is 11.6. The van der Waals surface area contributed by atoms with Gasteiger partial charge in [0, 0.05) is 5.92 Å². The van der Waals surface area contributed by atoms with E-state index in [-0.39, 0.29) is 5.54 Å². The number of hydrogen-bond donors (Lipinski definition) is 1. The molecule has 0 heterocycles. The zero-order valence-corrected chi connectivity index (χ0v) is 7.61. The molecule has 0 saturated heterocycles. The Morgan fingerprint density at radius 1 is 1.45 bits per heavy atom. The molecular weight excluding hydrogens is 138 g/mol. The molecule has 1 saturated carbocycles. The first kappa shape index (κ1) is 8.72. The van der Waals surface area contributed by atoms with Crippen LogP contribution in [0, 0.1) is 5.92 Å². The van der Waals surface area contributed by atoms with E-state index in [1.807, 2.05) is 20.9 Å². The van der Waals surface area contributed by atoms with Crippen LogP contribution in [0.5, 0.6) is 0 Å². The van der Waals surface area contributed by atoms with Gasteiger partial charge >= 0.3 is 0 Å². The fraction of sp³-hybridized carbons (Fsp3) is 0.889. The topological polar surface area (TPSA) is 29.1 Å². The quantitative estimate of drug-likeness (QED) is 0.666. The van der Waals surface area contributed by atoms with Gasteiger partial charge in [0.1, 0.15) is 0 Å². The molecule has 0 bridgehead atoms. The van der Waals surface area contributed by atoms with Gasteiger partial charge in [0.05, 0.1) is 5.54 Å². The number of hydrogen-bond acceptors (Lipinski definition) is 2. The molecule has 0 aromatic carbocycles. The zero-order chi connectivity index (χ0) is 8.48. The molecule has 1 N–H and O–H groups in total. The Balaban J connectivity index is 2.51. The van der Waals surface area contributed by atoms with E-state index in [1.165, 1.54) is 6.42 Å². The molecule has 0 aromatic heterocycles. The van der Waals surface area contributed by atoms with E-state index in [1.54, 1.807) is 0 Å². The molecular formula is C9H17NO. The van der Waals surface area contributed by atoms with Crippen LogP contribution < -0.4 is 5.32 Å². The summed E-state index contributed by atoms with van der Waals surface area (Å²) in [6, 6.07) is 0. The highest BCUT2D eigenvalue weighted by atomic mass is 16.1. The normalized spacial score (nSPS) is 19.5. The van der Waals surface area contributed by atoms with Crippen molar-refractivity contribution in [3.63, 3.8) is 0 Å². The summed E-state index contributed by atoms with van der Waals surface area (Å²) in [5.74, 6) is 0.726. The van der Waals surface area contributed by atoms with Crippen molar-refractivity contribution in [2.45, 2.75) is 38.6 Å². The summed E-state index contributed by atoms with van der Waals surface area (Å²) in [6.07, 6.45) is 3.43. The zero-order valence-electron chi connectivity index (χ0n) is 7.61. The molecule has 1 rings (SSSR count). The summed E-state index contributed by atoms with van der Waals surface area (Å²) in [5, 5.41) is 3.04. The van der Waals surface area contributed by atoms with Crippen LogP contribution >= 0.6 is 0 Å². The molecule has 1 aliphatic carbocycles. The highest BCUT2D eigenvalue weighted by Gasteiger charge is 2.35. The number of ketones is 1. The fourth-order valence-corrected chi connectivity index (χ4v) is 1.30. The monoisotopic (exact) mass is 155 g/mol. The second-order valence-electron chi connectivity index (χ2n) is 3.87. The number of likely N-dealkylation sites (N-methyl/N-ethyl adjacent to an activating group) is 1. The van der Waals surface area contributed by atoms with Crippen molar-refractivity contribution in [1.82, 2.24) is 5.32 Å². The summed E-state index contributed by atoms with van der Waals surface area (Å²) in [6.45, 7) is 3.90. The van der Waals surface area contributed by atoms with E-state index >= 15 is 0 Å². The van der Waals surface area contributed by atoms with Gasteiger partial charge in [-0.1, -0.05) is 6.42 Å². The molecule has 11 heavy (non-hydrogen) atoms. The van der Waals surface area contributed by atoms with Crippen LogP contribution in [0.3, 0.4) is 0 Å². The minimum Gasteiger partial charge on any atom is -0.308 e. The maximum Gasteiger partial charge on any atom is 0.155 e. The standard InChI is InChI=1S/C9H17NO/c1-9(2,10-3)8(11)7-5-4-6-7/h7,10H,4-6H2,1-3H3. The van der Waals surface area contributed by atoms with Crippen molar-refractivity contribution in [3.8, 4) is 0 Å². The predicted molar refractivity (Wildman–Crippen MR) is 45.5 cm³/mol. The van der Waals surface area contributed by atoms with Crippen LogP contribution in [0.4, 0.5) is 0 Å². The Kier molecular flexibility index (Phi) is 2.33. The summed E-state index contributed by atoms with van der Waals surface area (Å²) in [5.41, 5.74) is -0.314. The van der Waals surface area contributed by atoms with E-state index in [0.717, 1.165) is 12.8 Å². The lowest BCUT2D eigenvalue weighted by molar-refractivity contribution is -0.130. The average molecular weight is 155 g/mol. The number of Topliss-reactive ketones (excluding diaryl/α,β-unsaturated/α-hetero) is 1. The lowest BCUT2D eigenvalue weighted by atomic mass is 9.76. The Morgan fingerprint density at radius 3 is 2.27 bits per heavy atom. The first-order valence-electron chi connectivity index (χ1n) is 4.31. The number of carbonyl (C=O) groups excluding carboxylic acids is 1. The highest BCUT2D eigenvalue weighted by Crippen LogP contribution is 2.30. The summed E-state index contributed by atoms with van der Waals surface area (Å²) >= 11 is 0. The van der Waals surface area contributed by atoms with Crippen LogP contribution in [-0.2, 0) is 4.79 Å². The SMILES string of the molecule is CNC(C)(C)C(=O)C1CCC1. The Bertz CT molecular complexity index is 159. The molecule has 64 valence electrons. The van der Waals surface area contributed by atoms with Gasteiger partial charge in [0.2, 0.25) is 0 Å². The van der Waals surface area contributed by atoms with E-state index < -0.39 is 0 Å². The maximum atomic E-state index is 11.6.